The highest BCUT2D eigenvalue weighted by Gasteiger charge is 2.25. The summed E-state index contributed by atoms with van der Waals surface area (Å²) < 4.78 is 5.77. The molecular weight excluding hydrogens is 332 g/mol. The summed E-state index contributed by atoms with van der Waals surface area (Å²) in [6.07, 6.45) is 8.76. The van der Waals surface area contributed by atoms with E-state index in [4.69, 9.17) is 4.74 Å². The molecule has 2 aliphatic carbocycles. The van der Waals surface area contributed by atoms with Crippen LogP contribution in [0.2, 0.25) is 0 Å². The van der Waals surface area contributed by atoms with Gasteiger partial charge in [-0.1, -0.05) is 12.8 Å². The fourth-order valence-corrected chi connectivity index (χ4v) is 3.18. The second-order valence-electron chi connectivity index (χ2n) is 7.68. The Morgan fingerprint density at radius 2 is 1.88 bits per heavy atom. The highest BCUT2D eigenvalue weighted by atomic mass is 16.5. The lowest BCUT2D eigenvalue weighted by Gasteiger charge is -2.23. The summed E-state index contributed by atoms with van der Waals surface area (Å²) in [6.45, 7) is 3.82. The van der Waals surface area contributed by atoms with Crippen LogP contribution in [0, 0.1) is 0 Å². The molecule has 7 nitrogen and oxygen atoms in total. The molecule has 1 aromatic heterocycles. The number of nitrogens with one attached hydrogen (secondary N) is 2. The summed E-state index contributed by atoms with van der Waals surface area (Å²) in [4.78, 5) is 21.5. The Bertz CT molecular complexity index is 619. The van der Waals surface area contributed by atoms with Gasteiger partial charge in [-0.25, -0.2) is 4.98 Å². The predicted octanol–water partition coefficient (Wildman–Crippen LogP) is 2.65. The van der Waals surface area contributed by atoms with Gasteiger partial charge in [-0.2, -0.15) is 4.98 Å². The normalized spacial score (nSPS) is 23.8. The van der Waals surface area contributed by atoms with Gasteiger partial charge in [-0.3, -0.25) is 4.79 Å². The van der Waals surface area contributed by atoms with Crippen LogP contribution in [0.25, 0.3) is 0 Å². The van der Waals surface area contributed by atoms with Crippen LogP contribution >= 0.6 is 0 Å². The first kappa shape index (κ1) is 18.9. The predicted molar refractivity (Wildman–Crippen MR) is 99.4 cm³/mol. The van der Waals surface area contributed by atoms with Gasteiger partial charge >= 0.3 is 0 Å². The molecule has 0 aromatic carbocycles. The van der Waals surface area contributed by atoms with Crippen LogP contribution in [0.15, 0.2) is 6.20 Å². The molecule has 0 saturated heterocycles. The molecule has 7 heteroatoms. The van der Waals surface area contributed by atoms with Crippen molar-refractivity contribution in [2.24, 2.45) is 0 Å². The number of carbonyl (C=O) groups excluding carboxylic acids is 1. The largest absolute Gasteiger partial charge is 0.474 e. The van der Waals surface area contributed by atoms with Gasteiger partial charge in [0.05, 0.1) is 12.2 Å². The quantitative estimate of drug-likeness (QED) is 0.720. The maximum absolute atomic E-state index is 12.8. The number of hydrogen-bond acceptors (Lipinski definition) is 6. The summed E-state index contributed by atoms with van der Waals surface area (Å²) >= 11 is 0. The van der Waals surface area contributed by atoms with Crippen LogP contribution in [-0.4, -0.2) is 45.3 Å². The molecule has 2 fully saturated rings. The number of carbonyl (C=O) groups is 1. The van der Waals surface area contributed by atoms with E-state index in [1.54, 1.807) is 6.20 Å². The first-order chi connectivity index (χ1) is 12.5. The zero-order valence-corrected chi connectivity index (χ0v) is 15.7. The number of anilines is 1. The van der Waals surface area contributed by atoms with Crippen LogP contribution < -0.4 is 15.4 Å². The Morgan fingerprint density at radius 1 is 1.15 bits per heavy atom. The van der Waals surface area contributed by atoms with Gasteiger partial charge in [-0.05, 0) is 52.4 Å². The number of rotatable bonds is 6. The molecular formula is C19H30N4O3. The Hall–Kier alpha value is -1.89. The first-order valence-corrected chi connectivity index (χ1v) is 9.80. The maximum Gasteiger partial charge on any atom is 0.258 e. The lowest BCUT2D eigenvalue weighted by molar-refractivity contribution is 0.0903. The van der Waals surface area contributed by atoms with Gasteiger partial charge in [0.1, 0.15) is 5.56 Å². The van der Waals surface area contributed by atoms with E-state index in [0.717, 1.165) is 51.4 Å². The van der Waals surface area contributed by atoms with E-state index in [9.17, 15) is 9.90 Å². The van der Waals surface area contributed by atoms with Crippen LogP contribution in [0.4, 0.5) is 5.95 Å². The third-order valence-electron chi connectivity index (χ3n) is 4.78. The molecule has 3 rings (SSSR count). The van der Waals surface area contributed by atoms with Crippen molar-refractivity contribution >= 4 is 11.9 Å². The van der Waals surface area contributed by atoms with E-state index in [2.05, 4.69) is 20.6 Å². The molecule has 2 saturated carbocycles. The van der Waals surface area contributed by atoms with Crippen molar-refractivity contribution in [2.75, 3.05) is 5.32 Å². The minimum Gasteiger partial charge on any atom is -0.474 e. The molecule has 0 aliphatic heterocycles. The Balaban J connectivity index is 1.69. The van der Waals surface area contributed by atoms with Gasteiger partial charge in [-0.15, -0.1) is 0 Å². The van der Waals surface area contributed by atoms with Crippen molar-refractivity contribution < 1.29 is 14.6 Å². The van der Waals surface area contributed by atoms with E-state index < -0.39 is 0 Å². The fraction of sp³-hybridized carbons (Fsp3) is 0.737. The molecule has 144 valence electrons. The smallest absolute Gasteiger partial charge is 0.258 e. The highest BCUT2D eigenvalue weighted by Crippen LogP contribution is 2.25. The third kappa shape index (κ3) is 5.56. The van der Waals surface area contributed by atoms with Gasteiger partial charge in [0.2, 0.25) is 11.8 Å². The van der Waals surface area contributed by atoms with E-state index >= 15 is 0 Å². The van der Waals surface area contributed by atoms with Crippen LogP contribution in [-0.2, 0) is 0 Å². The van der Waals surface area contributed by atoms with E-state index in [1.807, 2.05) is 13.8 Å². The summed E-state index contributed by atoms with van der Waals surface area (Å²) in [7, 11) is 0. The van der Waals surface area contributed by atoms with Gasteiger partial charge in [0.25, 0.3) is 5.91 Å². The van der Waals surface area contributed by atoms with E-state index in [-0.39, 0.29) is 24.2 Å². The molecule has 3 N–H and O–H groups in total. The number of aliphatic hydroxyl groups is 1. The maximum atomic E-state index is 12.8. The zero-order valence-electron chi connectivity index (χ0n) is 15.7. The van der Waals surface area contributed by atoms with Crippen molar-refractivity contribution in [1.82, 2.24) is 15.3 Å². The van der Waals surface area contributed by atoms with E-state index in [1.165, 1.54) is 0 Å². The van der Waals surface area contributed by atoms with Crippen LogP contribution in [0.3, 0.4) is 0 Å². The van der Waals surface area contributed by atoms with Crippen LogP contribution in [0.5, 0.6) is 5.88 Å². The number of amides is 1. The summed E-state index contributed by atoms with van der Waals surface area (Å²) in [5, 5.41) is 16.2. The Morgan fingerprint density at radius 3 is 2.62 bits per heavy atom. The Kier molecular flexibility index (Phi) is 6.29. The molecule has 1 aromatic rings. The summed E-state index contributed by atoms with van der Waals surface area (Å²) in [5.41, 5.74) is 0.364. The van der Waals surface area contributed by atoms with Crippen molar-refractivity contribution in [2.45, 2.75) is 89.5 Å². The zero-order chi connectivity index (χ0) is 18.5. The topological polar surface area (TPSA) is 96.4 Å². The Labute approximate surface area is 155 Å². The average Bonchev–Trinajstić information content (AvgIpc) is 3.37. The monoisotopic (exact) mass is 362 g/mol. The molecule has 1 heterocycles. The van der Waals surface area contributed by atoms with Crippen molar-refractivity contribution in [3.8, 4) is 5.88 Å². The second-order valence-corrected chi connectivity index (χ2v) is 7.68. The number of aromatic nitrogens is 2. The number of ether oxygens (including phenoxy) is 1. The first-order valence-electron chi connectivity index (χ1n) is 9.80. The van der Waals surface area contributed by atoms with Gasteiger partial charge in [0, 0.05) is 18.3 Å². The fourth-order valence-electron chi connectivity index (χ4n) is 3.18. The summed E-state index contributed by atoms with van der Waals surface area (Å²) in [5.74, 6) is 0.619. The number of aliphatic hydroxyl groups excluding tert-OH is 1. The summed E-state index contributed by atoms with van der Waals surface area (Å²) in [6, 6.07) is 0.497. The second kappa shape index (κ2) is 8.66. The average molecular weight is 362 g/mol. The molecule has 0 bridgehead atoms. The number of hydrogen-bond donors (Lipinski definition) is 3. The molecule has 1 amide bonds. The van der Waals surface area contributed by atoms with Gasteiger partial charge < -0.3 is 20.5 Å². The third-order valence-corrected chi connectivity index (χ3v) is 4.78. The lowest BCUT2D eigenvalue weighted by Crippen LogP contribution is -2.36. The number of nitrogens with zero attached hydrogens (tertiary/aromatic N) is 2. The lowest BCUT2D eigenvalue weighted by atomic mass is 9.95. The molecule has 26 heavy (non-hydrogen) atoms. The molecule has 2 aliphatic rings. The molecule has 2 atom stereocenters. The molecule has 0 radical (unpaired) electrons. The minimum absolute atomic E-state index is 0.0635. The van der Waals surface area contributed by atoms with Crippen molar-refractivity contribution in [1.29, 1.82) is 0 Å². The molecule has 0 unspecified atom stereocenters. The SMILES string of the molecule is CC(C)Oc1nc(NC2CC2)ncc1C(=O)N[C@@H]1CCCC[C@H](O)CC1. The van der Waals surface area contributed by atoms with Crippen molar-refractivity contribution in [3.63, 3.8) is 0 Å². The van der Waals surface area contributed by atoms with E-state index in [0.29, 0.717) is 23.4 Å². The van der Waals surface area contributed by atoms with Gasteiger partial charge in [0.15, 0.2) is 0 Å². The standard InChI is InChI=1S/C19H30N4O3/c1-12(2)26-18-16(11-20-19(23-18)22-14-7-8-14)17(25)21-13-5-3-4-6-15(24)10-9-13/h11-15,24H,3-10H2,1-2H3,(H,21,25)(H,20,22,23)/t13-,15+/m1/s1. The van der Waals surface area contributed by atoms with Crippen molar-refractivity contribution in [3.05, 3.63) is 11.8 Å². The highest BCUT2D eigenvalue weighted by molar-refractivity contribution is 5.96. The molecule has 0 spiro atoms. The minimum atomic E-state index is -0.259. The van der Waals surface area contributed by atoms with Crippen LogP contribution in [0.1, 0.15) is 75.6 Å².